The van der Waals surface area contributed by atoms with Crippen LogP contribution in [0.1, 0.15) is 18.5 Å². The number of aromatic nitrogens is 1. The van der Waals surface area contributed by atoms with Gasteiger partial charge in [-0.15, -0.1) is 0 Å². The Kier molecular flexibility index (Phi) is 4.11. The van der Waals surface area contributed by atoms with E-state index in [0.717, 1.165) is 25.2 Å². The van der Waals surface area contributed by atoms with Crippen molar-refractivity contribution >= 4 is 11.8 Å². The van der Waals surface area contributed by atoms with Gasteiger partial charge in [0, 0.05) is 51.9 Å². The summed E-state index contributed by atoms with van der Waals surface area (Å²) in [6, 6.07) is 6.28. The van der Waals surface area contributed by atoms with E-state index in [1.807, 2.05) is 18.2 Å². The normalized spacial score (nSPS) is 24.6. The first kappa shape index (κ1) is 15.0. The lowest BCUT2D eigenvalue weighted by Gasteiger charge is -2.25. The summed E-state index contributed by atoms with van der Waals surface area (Å²) in [6.45, 7) is 1.92. The summed E-state index contributed by atoms with van der Waals surface area (Å²) in [6.07, 6.45) is 3.24. The van der Waals surface area contributed by atoms with Gasteiger partial charge in [0.05, 0.1) is 5.69 Å². The molecule has 2 atom stereocenters. The lowest BCUT2D eigenvalue weighted by atomic mass is 10.1. The highest BCUT2D eigenvalue weighted by atomic mass is 16.2. The molecule has 2 saturated heterocycles. The van der Waals surface area contributed by atoms with Crippen LogP contribution in [-0.4, -0.2) is 70.8 Å². The molecule has 3 heterocycles. The Morgan fingerprint density at radius 1 is 1.36 bits per heavy atom. The topological polar surface area (TPSA) is 56.8 Å². The van der Waals surface area contributed by atoms with Gasteiger partial charge < -0.3 is 9.80 Å². The smallest absolute Gasteiger partial charge is 0.241 e. The van der Waals surface area contributed by atoms with E-state index in [0.29, 0.717) is 6.42 Å². The van der Waals surface area contributed by atoms with E-state index in [9.17, 15) is 9.59 Å². The zero-order valence-electron chi connectivity index (χ0n) is 13.1. The van der Waals surface area contributed by atoms with E-state index in [1.54, 1.807) is 30.1 Å². The number of carbonyl (C=O) groups excluding carboxylic acids is 2. The van der Waals surface area contributed by atoms with Crippen molar-refractivity contribution in [1.29, 1.82) is 0 Å². The van der Waals surface area contributed by atoms with Crippen LogP contribution in [0.4, 0.5) is 0 Å². The molecule has 6 nitrogen and oxygen atoms in total. The maximum Gasteiger partial charge on any atom is 0.241 e. The van der Waals surface area contributed by atoms with Crippen molar-refractivity contribution in [3.63, 3.8) is 0 Å². The first-order chi connectivity index (χ1) is 10.6. The van der Waals surface area contributed by atoms with E-state index >= 15 is 0 Å². The molecule has 0 N–H and O–H groups in total. The molecule has 2 aliphatic heterocycles. The minimum atomic E-state index is -0.0165. The highest BCUT2D eigenvalue weighted by Crippen LogP contribution is 2.33. The average Bonchev–Trinajstić information content (AvgIpc) is 3.01. The molecule has 1 aromatic heterocycles. The molecular weight excluding hydrogens is 280 g/mol. The average molecular weight is 302 g/mol. The van der Waals surface area contributed by atoms with Gasteiger partial charge in [-0.05, 0) is 18.6 Å². The molecule has 0 saturated carbocycles. The summed E-state index contributed by atoms with van der Waals surface area (Å²) in [5, 5.41) is 0. The third-order valence-electron chi connectivity index (χ3n) is 4.63. The molecule has 0 aliphatic carbocycles. The van der Waals surface area contributed by atoms with Crippen LogP contribution >= 0.6 is 0 Å². The van der Waals surface area contributed by atoms with Crippen LogP contribution in [0, 0.1) is 0 Å². The lowest BCUT2D eigenvalue weighted by Crippen LogP contribution is -2.43. The lowest BCUT2D eigenvalue weighted by molar-refractivity contribution is -0.138. The van der Waals surface area contributed by atoms with Crippen molar-refractivity contribution in [1.82, 2.24) is 19.7 Å². The predicted molar refractivity (Wildman–Crippen MR) is 81.9 cm³/mol. The second-order valence-electron chi connectivity index (χ2n) is 6.23. The van der Waals surface area contributed by atoms with E-state index in [4.69, 9.17) is 0 Å². The molecule has 118 valence electrons. The van der Waals surface area contributed by atoms with Gasteiger partial charge in [-0.1, -0.05) is 6.07 Å². The minimum Gasteiger partial charge on any atom is -0.347 e. The van der Waals surface area contributed by atoms with Gasteiger partial charge in [-0.25, -0.2) is 0 Å². The van der Waals surface area contributed by atoms with E-state index in [-0.39, 0.29) is 30.4 Å². The van der Waals surface area contributed by atoms with Gasteiger partial charge in [-0.2, -0.15) is 0 Å². The van der Waals surface area contributed by atoms with Crippen molar-refractivity contribution in [3.8, 4) is 0 Å². The molecule has 2 aliphatic rings. The number of rotatable bonds is 4. The first-order valence-corrected chi connectivity index (χ1v) is 7.70. The van der Waals surface area contributed by atoms with Crippen molar-refractivity contribution < 1.29 is 9.59 Å². The van der Waals surface area contributed by atoms with Gasteiger partial charge in [0.25, 0.3) is 0 Å². The second kappa shape index (κ2) is 6.04. The number of likely N-dealkylation sites (N-methyl/N-ethyl adjacent to an activating group) is 1. The minimum absolute atomic E-state index is 0.0165. The number of amides is 2. The van der Waals surface area contributed by atoms with Crippen molar-refractivity contribution in [2.75, 3.05) is 27.2 Å². The predicted octanol–water partition coefficient (Wildman–Crippen LogP) is 0.345. The summed E-state index contributed by atoms with van der Waals surface area (Å²) < 4.78 is 0. The summed E-state index contributed by atoms with van der Waals surface area (Å²) in [7, 11) is 3.45. The fourth-order valence-electron chi connectivity index (χ4n) is 3.40. The third-order valence-corrected chi connectivity index (χ3v) is 4.63. The van der Waals surface area contributed by atoms with E-state index in [2.05, 4.69) is 9.88 Å². The largest absolute Gasteiger partial charge is 0.347 e. The fourth-order valence-corrected chi connectivity index (χ4v) is 3.40. The maximum absolute atomic E-state index is 12.3. The van der Waals surface area contributed by atoms with E-state index < -0.39 is 0 Å². The molecule has 3 rings (SSSR count). The Hall–Kier alpha value is -1.95. The maximum atomic E-state index is 12.3. The van der Waals surface area contributed by atoms with Crippen LogP contribution in [0.25, 0.3) is 0 Å². The van der Waals surface area contributed by atoms with Crippen LogP contribution in [-0.2, 0) is 16.1 Å². The highest BCUT2D eigenvalue weighted by Gasteiger charge is 2.47. The Balaban J connectivity index is 1.67. The standard InChI is InChI=1S/C16H22N4O2/c1-18(2)16(22)11-20-13-6-8-19(14(13)9-15(20)21)10-12-5-3-4-7-17-12/h3-5,7,13-14H,6,8-11H2,1-2H3/t13-,14+/m1/s1. The second-order valence-corrected chi connectivity index (χ2v) is 6.23. The SMILES string of the molecule is CN(C)C(=O)CN1C(=O)C[C@H]2[C@H]1CCN2Cc1ccccn1. The molecule has 2 amide bonds. The Labute approximate surface area is 130 Å². The van der Waals surface area contributed by atoms with Crippen LogP contribution in [0.15, 0.2) is 24.4 Å². The molecule has 2 fully saturated rings. The molecular formula is C16H22N4O2. The zero-order chi connectivity index (χ0) is 15.7. The van der Waals surface area contributed by atoms with Gasteiger partial charge in [0.1, 0.15) is 6.54 Å². The number of hydrogen-bond acceptors (Lipinski definition) is 4. The number of pyridine rings is 1. The van der Waals surface area contributed by atoms with Crippen LogP contribution < -0.4 is 0 Å². The summed E-state index contributed by atoms with van der Waals surface area (Å²) in [5.74, 6) is 0.0769. The number of likely N-dealkylation sites (tertiary alicyclic amines) is 2. The molecule has 6 heteroatoms. The molecule has 22 heavy (non-hydrogen) atoms. The Morgan fingerprint density at radius 3 is 2.86 bits per heavy atom. The monoisotopic (exact) mass is 302 g/mol. The van der Waals surface area contributed by atoms with Gasteiger partial charge in [-0.3, -0.25) is 19.5 Å². The molecule has 1 aromatic rings. The van der Waals surface area contributed by atoms with E-state index in [1.165, 1.54) is 0 Å². The first-order valence-electron chi connectivity index (χ1n) is 7.70. The Bertz CT molecular complexity index is 561. The fraction of sp³-hybridized carbons (Fsp3) is 0.562. The number of nitrogens with zero attached hydrogens (tertiary/aromatic N) is 4. The molecule has 0 bridgehead atoms. The quantitative estimate of drug-likeness (QED) is 0.805. The van der Waals surface area contributed by atoms with Crippen LogP contribution in [0.3, 0.4) is 0 Å². The molecule has 0 spiro atoms. The van der Waals surface area contributed by atoms with Crippen LogP contribution in [0.2, 0.25) is 0 Å². The van der Waals surface area contributed by atoms with Gasteiger partial charge in [0.2, 0.25) is 11.8 Å². The number of fused-ring (bicyclic) bond motifs is 1. The molecule has 0 radical (unpaired) electrons. The zero-order valence-corrected chi connectivity index (χ0v) is 13.1. The van der Waals surface area contributed by atoms with Crippen molar-refractivity contribution in [2.45, 2.75) is 31.5 Å². The summed E-state index contributed by atoms with van der Waals surface area (Å²) in [5.41, 5.74) is 1.03. The molecule has 0 unspecified atom stereocenters. The third kappa shape index (κ3) is 2.83. The summed E-state index contributed by atoms with van der Waals surface area (Å²) in [4.78, 5) is 34.2. The number of hydrogen-bond donors (Lipinski definition) is 0. The van der Waals surface area contributed by atoms with Crippen LogP contribution in [0.5, 0.6) is 0 Å². The number of carbonyl (C=O) groups is 2. The van der Waals surface area contributed by atoms with Crippen molar-refractivity contribution in [3.05, 3.63) is 30.1 Å². The Morgan fingerprint density at radius 2 is 2.18 bits per heavy atom. The van der Waals surface area contributed by atoms with Crippen molar-refractivity contribution in [2.24, 2.45) is 0 Å². The molecule has 0 aromatic carbocycles. The highest BCUT2D eigenvalue weighted by molar-refractivity contribution is 5.86. The van der Waals surface area contributed by atoms with Gasteiger partial charge >= 0.3 is 0 Å². The summed E-state index contributed by atoms with van der Waals surface area (Å²) >= 11 is 0. The van der Waals surface area contributed by atoms with Gasteiger partial charge in [0.15, 0.2) is 0 Å².